The lowest BCUT2D eigenvalue weighted by Gasteiger charge is -2.06. The monoisotopic (exact) mass is 255 g/mol. The topological polar surface area (TPSA) is 30.7 Å². The molecule has 0 aliphatic carbocycles. The molecular weight excluding hydrogens is 245 g/mol. The summed E-state index contributed by atoms with van der Waals surface area (Å²) >= 11 is 11.9. The zero-order valence-electron chi connectivity index (χ0n) is 8.82. The van der Waals surface area contributed by atoms with E-state index in [1.807, 2.05) is 28.8 Å². The minimum absolute atomic E-state index is 0.380. The van der Waals surface area contributed by atoms with Crippen LogP contribution < -0.4 is 0 Å². The van der Waals surface area contributed by atoms with Gasteiger partial charge in [0.25, 0.3) is 0 Å². The van der Waals surface area contributed by atoms with E-state index in [9.17, 15) is 0 Å². The highest BCUT2D eigenvalue weighted by Crippen LogP contribution is 2.19. The van der Waals surface area contributed by atoms with Crippen LogP contribution in [0.3, 0.4) is 0 Å². The number of nitrogens with zero attached hydrogens (tertiary/aromatic N) is 3. The molecule has 1 aromatic heterocycles. The molecule has 2 rings (SSSR count). The molecule has 0 atom stereocenters. The van der Waals surface area contributed by atoms with E-state index in [-0.39, 0.29) is 0 Å². The molecule has 0 amide bonds. The van der Waals surface area contributed by atoms with Crippen LogP contribution in [0.4, 0.5) is 0 Å². The van der Waals surface area contributed by atoms with Crippen molar-refractivity contribution < 1.29 is 0 Å². The van der Waals surface area contributed by atoms with Crippen molar-refractivity contribution in [3.63, 3.8) is 0 Å². The molecule has 5 heteroatoms. The maximum Gasteiger partial charge on any atom is 0.229 e. The molecule has 3 nitrogen and oxygen atoms in total. The molecule has 0 saturated carbocycles. The van der Waals surface area contributed by atoms with Crippen molar-refractivity contribution in [3.8, 4) is 5.69 Å². The van der Waals surface area contributed by atoms with Crippen molar-refractivity contribution >= 4 is 23.2 Å². The van der Waals surface area contributed by atoms with Gasteiger partial charge in [0.2, 0.25) is 5.28 Å². The normalized spacial score (nSPS) is 10.7. The molecule has 84 valence electrons. The third-order valence-corrected chi connectivity index (χ3v) is 2.75. The van der Waals surface area contributed by atoms with Crippen molar-refractivity contribution in [2.75, 3.05) is 0 Å². The van der Waals surface area contributed by atoms with Gasteiger partial charge in [0.1, 0.15) is 5.82 Å². The molecule has 1 aromatic carbocycles. The highest BCUT2D eigenvalue weighted by molar-refractivity contribution is 6.30. The maximum absolute atomic E-state index is 6.01. The molecule has 0 spiro atoms. The van der Waals surface area contributed by atoms with Crippen LogP contribution >= 0.6 is 23.2 Å². The minimum Gasteiger partial charge on any atom is -0.270 e. The second kappa shape index (κ2) is 4.85. The van der Waals surface area contributed by atoms with Crippen LogP contribution in [0.15, 0.2) is 24.3 Å². The van der Waals surface area contributed by atoms with Crippen LogP contribution in [0.25, 0.3) is 5.69 Å². The summed E-state index contributed by atoms with van der Waals surface area (Å²) in [7, 11) is 0. The molecule has 0 unspecified atom stereocenters. The van der Waals surface area contributed by atoms with E-state index in [1.54, 1.807) is 0 Å². The van der Waals surface area contributed by atoms with Gasteiger partial charge in [-0.05, 0) is 42.3 Å². The summed E-state index contributed by atoms with van der Waals surface area (Å²) in [5.41, 5.74) is 0.933. The third-order valence-electron chi connectivity index (χ3n) is 2.25. The SMILES string of the molecule is CCCc1nnc(Cl)n1-c1ccc(Cl)cc1. The Morgan fingerprint density at radius 1 is 1.12 bits per heavy atom. The fraction of sp³-hybridized carbons (Fsp3) is 0.273. The number of benzene rings is 1. The third kappa shape index (κ3) is 2.20. The first kappa shape index (κ1) is 11.4. The Morgan fingerprint density at radius 2 is 1.81 bits per heavy atom. The number of hydrogen-bond acceptors (Lipinski definition) is 2. The van der Waals surface area contributed by atoms with Gasteiger partial charge in [-0.1, -0.05) is 18.5 Å². The lowest BCUT2D eigenvalue weighted by atomic mass is 10.3. The first-order valence-corrected chi connectivity index (χ1v) is 5.83. The van der Waals surface area contributed by atoms with Crippen molar-refractivity contribution in [2.45, 2.75) is 19.8 Å². The number of hydrogen-bond donors (Lipinski definition) is 0. The smallest absolute Gasteiger partial charge is 0.229 e. The van der Waals surface area contributed by atoms with Gasteiger partial charge in [-0.15, -0.1) is 10.2 Å². The average Bonchev–Trinajstić information content (AvgIpc) is 2.62. The Bertz CT molecular complexity index is 476. The van der Waals surface area contributed by atoms with Crippen molar-refractivity contribution in [2.24, 2.45) is 0 Å². The van der Waals surface area contributed by atoms with Crippen LogP contribution in [0.5, 0.6) is 0 Å². The average molecular weight is 256 g/mol. The summed E-state index contributed by atoms with van der Waals surface area (Å²) < 4.78 is 1.83. The van der Waals surface area contributed by atoms with E-state index in [2.05, 4.69) is 17.1 Å². The Morgan fingerprint density at radius 3 is 2.44 bits per heavy atom. The Balaban J connectivity index is 2.45. The molecule has 0 saturated heterocycles. The number of halogens is 2. The van der Waals surface area contributed by atoms with Crippen LogP contribution in [-0.2, 0) is 6.42 Å². The predicted octanol–water partition coefficient (Wildman–Crippen LogP) is 3.53. The van der Waals surface area contributed by atoms with E-state index >= 15 is 0 Å². The van der Waals surface area contributed by atoms with Crippen LogP contribution in [0.2, 0.25) is 10.3 Å². The van der Waals surface area contributed by atoms with Crippen molar-refractivity contribution in [3.05, 3.63) is 40.4 Å². The molecule has 1 heterocycles. The second-order valence-corrected chi connectivity index (χ2v) is 4.22. The number of aromatic nitrogens is 3. The Hall–Kier alpha value is -1.06. The van der Waals surface area contributed by atoms with E-state index in [0.29, 0.717) is 10.3 Å². The Labute approximate surface area is 104 Å². The van der Waals surface area contributed by atoms with Gasteiger partial charge in [0, 0.05) is 17.1 Å². The lowest BCUT2D eigenvalue weighted by molar-refractivity contribution is 0.803. The van der Waals surface area contributed by atoms with E-state index in [4.69, 9.17) is 23.2 Å². The number of rotatable bonds is 3. The molecular formula is C11H11Cl2N3. The first-order valence-electron chi connectivity index (χ1n) is 5.08. The standard InChI is InChI=1S/C11H11Cl2N3/c1-2-3-10-14-15-11(13)16(10)9-6-4-8(12)5-7-9/h4-7H,2-3H2,1H3. The minimum atomic E-state index is 0.380. The summed E-state index contributed by atoms with van der Waals surface area (Å²) in [5, 5.41) is 9.01. The molecule has 0 aliphatic heterocycles. The maximum atomic E-state index is 6.01. The van der Waals surface area contributed by atoms with Crippen LogP contribution in [0, 0.1) is 0 Å². The van der Waals surface area contributed by atoms with Gasteiger partial charge < -0.3 is 0 Å². The highest BCUT2D eigenvalue weighted by atomic mass is 35.5. The molecule has 0 aliphatic rings. The quantitative estimate of drug-likeness (QED) is 0.841. The molecule has 16 heavy (non-hydrogen) atoms. The van der Waals surface area contributed by atoms with Crippen molar-refractivity contribution in [1.29, 1.82) is 0 Å². The molecule has 0 fully saturated rings. The van der Waals surface area contributed by atoms with Crippen molar-refractivity contribution in [1.82, 2.24) is 14.8 Å². The van der Waals surface area contributed by atoms with Gasteiger partial charge in [-0.2, -0.15) is 0 Å². The summed E-state index contributed by atoms with van der Waals surface area (Å²) in [6.45, 7) is 2.09. The molecule has 0 bridgehead atoms. The van der Waals surface area contributed by atoms with Gasteiger partial charge in [0.15, 0.2) is 0 Å². The van der Waals surface area contributed by atoms with Gasteiger partial charge in [-0.25, -0.2) is 0 Å². The van der Waals surface area contributed by atoms with Gasteiger partial charge in [-0.3, -0.25) is 4.57 Å². The Kier molecular flexibility index (Phi) is 3.46. The van der Waals surface area contributed by atoms with E-state index in [0.717, 1.165) is 24.4 Å². The summed E-state index contributed by atoms with van der Waals surface area (Å²) in [6.07, 6.45) is 1.85. The second-order valence-electron chi connectivity index (χ2n) is 3.45. The van der Waals surface area contributed by atoms with E-state index in [1.165, 1.54) is 0 Å². The molecule has 2 aromatic rings. The molecule has 0 radical (unpaired) electrons. The highest BCUT2D eigenvalue weighted by Gasteiger charge is 2.10. The zero-order valence-corrected chi connectivity index (χ0v) is 10.3. The fourth-order valence-electron chi connectivity index (χ4n) is 1.53. The lowest BCUT2D eigenvalue weighted by Crippen LogP contribution is -2.01. The van der Waals surface area contributed by atoms with E-state index < -0.39 is 0 Å². The zero-order chi connectivity index (χ0) is 11.5. The summed E-state index contributed by atoms with van der Waals surface area (Å²) in [4.78, 5) is 0. The van der Waals surface area contributed by atoms with Gasteiger partial charge in [0.05, 0.1) is 0 Å². The number of aryl methyl sites for hydroxylation is 1. The molecule has 0 N–H and O–H groups in total. The van der Waals surface area contributed by atoms with Crippen LogP contribution in [0.1, 0.15) is 19.2 Å². The summed E-state index contributed by atoms with van der Waals surface area (Å²) in [6, 6.07) is 7.44. The van der Waals surface area contributed by atoms with Crippen LogP contribution in [-0.4, -0.2) is 14.8 Å². The summed E-state index contributed by atoms with van der Waals surface area (Å²) in [5.74, 6) is 0.870. The first-order chi connectivity index (χ1) is 7.72. The van der Waals surface area contributed by atoms with Gasteiger partial charge >= 0.3 is 0 Å². The predicted molar refractivity (Wildman–Crippen MR) is 65.4 cm³/mol. The fourth-order valence-corrected chi connectivity index (χ4v) is 1.88. The largest absolute Gasteiger partial charge is 0.270 e.